The third-order valence-corrected chi connectivity index (χ3v) is 7.34. The molecule has 0 bridgehead atoms. The number of anilines is 1. The number of aryl methyl sites for hydroxylation is 1. The summed E-state index contributed by atoms with van der Waals surface area (Å²) in [6.45, 7) is 4.92. The minimum atomic E-state index is -0.509. The smallest absolute Gasteiger partial charge is 0.294 e. The predicted molar refractivity (Wildman–Crippen MR) is 144 cm³/mol. The lowest BCUT2D eigenvalue weighted by atomic mass is 10.0. The fourth-order valence-electron chi connectivity index (χ4n) is 5.30. The minimum absolute atomic E-state index is 0.0136. The maximum absolute atomic E-state index is 13.5. The second kappa shape index (κ2) is 10.1. The number of hydrogen-bond acceptors (Lipinski definition) is 5. The van der Waals surface area contributed by atoms with Crippen molar-refractivity contribution in [1.29, 1.82) is 0 Å². The molecule has 3 aliphatic heterocycles. The Kier molecular flexibility index (Phi) is 6.47. The Labute approximate surface area is 222 Å². The van der Waals surface area contributed by atoms with Crippen LogP contribution in [0.5, 0.6) is 5.75 Å². The van der Waals surface area contributed by atoms with Gasteiger partial charge in [-0.05, 0) is 48.4 Å². The summed E-state index contributed by atoms with van der Waals surface area (Å²) >= 11 is 0. The number of hydrogen-bond donors (Lipinski definition) is 0. The van der Waals surface area contributed by atoms with Crippen LogP contribution in [0.3, 0.4) is 0 Å². The normalized spacial score (nSPS) is 19.5. The van der Waals surface area contributed by atoms with Gasteiger partial charge in [0.1, 0.15) is 0 Å². The molecule has 2 saturated heterocycles. The molecule has 3 aliphatic rings. The Morgan fingerprint density at radius 2 is 1.68 bits per heavy atom. The number of piperidine rings is 1. The summed E-state index contributed by atoms with van der Waals surface area (Å²) in [7, 11) is 0. The van der Waals surface area contributed by atoms with Crippen molar-refractivity contribution in [3.63, 3.8) is 0 Å². The topological polar surface area (TPSA) is 68.3 Å². The van der Waals surface area contributed by atoms with Crippen molar-refractivity contribution in [3.8, 4) is 5.75 Å². The molecule has 0 radical (unpaired) electrons. The Bertz CT molecular complexity index is 1380. The number of carbonyl (C=O) groups excluding carboxylic acids is 2. The van der Waals surface area contributed by atoms with Crippen molar-refractivity contribution < 1.29 is 23.8 Å². The number of amides is 2. The first-order valence-corrected chi connectivity index (χ1v) is 13.0. The molecule has 38 heavy (non-hydrogen) atoms. The van der Waals surface area contributed by atoms with E-state index in [4.69, 9.17) is 14.2 Å². The molecule has 2 fully saturated rings. The van der Waals surface area contributed by atoms with Gasteiger partial charge in [-0.25, -0.2) is 0 Å². The van der Waals surface area contributed by atoms with Gasteiger partial charge in [0.15, 0.2) is 17.3 Å². The number of para-hydroxylation sites is 2. The lowest BCUT2D eigenvalue weighted by Crippen LogP contribution is -2.47. The van der Waals surface area contributed by atoms with E-state index in [-0.39, 0.29) is 17.6 Å². The zero-order valence-electron chi connectivity index (χ0n) is 21.4. The second-order valence-corrected chi connectivity index (χ2v) is 9.98. The van der Waals surface area contributed by atoms with Crippen LogP contribution in [0.15, 0.2) is 78.6 Å². The van der Waals surface area contributed by atoms with Gasteiger partial charge in [-0.2, -0.15) is 0 Å². The summed E-state index contributed by atoms with van der Waals surface area (Å²) in [6.07, 6.45) is 3.10. The largest absolute Gasteiger partial charge is 0.449 e. The number of ether oxygens (including phenoxy) is 3. The van der Waals surface area contributed by atoms with E-state index >= 15 is 0 Å². The Balaban J connectivity index is 1.19. The van der Waals surface area contributed by atoms with Gasteiger partial charge < -0.3 is 19.1 Å². The fourth-order valence-corrected chi connectivity index (χ4v) is 5.30. The van der Waals surface area contributed by atoms with Crippen molar-refractivity contribution in [2.75, 3.05) is 31.2 Å². The monoisotopic (exact) mass is 510 g/mol. The number of fused-ring (bicyclic) bond motifs is 1. The van der Waals surface area contributed by atoms with Gasteiger partial charge in [0, 0.05) is 31.5 Å². The first kappa shape index (κ1) is 24.4. The van der Waals surface area contributed by atoms with Gasteiger partial charge in [-0.3, -0.25) is 14.5 Å². The summed E-state index contributed by atoms with van der Waals surface area (Å²) in [4.78, 5) is 30.2. The molecule has 2 amide bonds. The van der Waals surface area contributed by atoms with Gasteiger partial charge in [0.2, 0.25) is 0 Å². The van der Waals surface area contributed by atoms with Gasteiger partial charge in [-0.15, -0.1) is 0 Å². The summed E-state index contributed by atoms with van der Waals surface area (Å²) < 4.78 is 17.6. The fraction of sp³-hybridized carbons (Fsp3) is 0.290. The number of likely N-dealkylation sites (tertiary alicyclic amines) is 1. The van der Waals surface area contributed by atoms with Gasteiger partial charge >= 0.3 is 0 Å². The van der Waals surface area contributed by atoms with Crippen LogP contribution in [0.1, 0.15) is 39.9 Å². The molecular formula is C31H30N2O5. The molecule has 6 rings (SSSR count). The highest BCUT2D eigenvalue weighted by Gasteiger charge is 2.40. The van der Waals surface area contributed by atoms with Crippen LogP contribution in [0.25, 0.3) is 6.08 Å². The van der Waals surface area contributed by atoms with E-state index in [1.165, 1.54) is 0 Å². The second-order valence-electron chi connectivity index (χ2n) is 9.98. The quantitative estimate of drug-likeness (QED) is 0.465. The number of nitrogens with zero attached hydrogens (tertiary/aromatic N) is 2. The summed E-state index contributed by atoms with van der Waals surface area (Å²) in [5.74, 6) is 0.152. The molecular weight excluding hydrogens is 480 g/mol. The number of carbonyl (C=O) groups is 2. The molecule has 0 aromatic heterocycles. The molecule has 0 N–H and O–H groups in total. The number of rotatable bonds is 4. The molecule has 0 saturated carbocycles. The Morgan fingerprint density at radius 1 is 0.947 bits per heavy atom. The highest BCUT2D eigenvalue weighted by molar-refractivity contribution is 6.09. The number of benzene rings is 3. The van der Waals surface area contributed by atoms with Crippen LogP contribution >= 0.6 is 0 Å². The van der Waals surface area contributed by atoms with Crippen LogP contribution in [0, 0.1) is 6.92 Å². The van der Waals surface area contributed by atoms with E-state index < -0.39 is 5.79 Å². The van der Waals surface area contributed by atoms with E-state index in [2.05, 4.69) is 6.07 Å². The zero-order valence-corrected chi connectivity index (χ0v) is 21.4. The maximum Gasteiger partial charge on any atom is 0.294 e. The van der Waals surface area contributed by atoms with E-state index in [0.29, 0.717) is 57.0 Å². The van der Waals surface area contributed by atoms with Crippen LogP contribution in [-0.4, -0.2) is 48.8 Å². The van der Waals surface area contributed by atoms with Crippen LogP contribution in [-0.2, 0) is 20.8 Å². The maximum atomic E-state index is 13.5. The minimum Gasteiger partial charge on any atom is -0.449 e. The van der Waals surface area contributed by atoms with Crippen molar-refractivity contribution in [2.24, 2.45) is 0 Å². The first-order valence-electron chi connectivity index (χ1n) is 13.0. The lowest BCUT2D eigenvalue weighted by Gasteiger charge is -2.37. The third kappa shape index (κ3) is 4.83. The molecule has 3 aromatic rings. The van der Waals surface area contributed by atoms with Gasteiger partial charge in [-0.1, -0.05) is 54.1 Å². The molecule has 0 atom stereocenters. The average Bonchev–Trinajstić information content (AvgIpc) is 3.39. The van der Waals surface area contributed by atoms with E-state index in [0.717, 1.165) is 22.4 Å². The highest BCUT2D eigenvalue weighted by atomic mass is 16.7. The molecule has 7 heteroatoms. The average molecular weight is 511 g/mol. The highest BCUT2D eigenvalue weighted by Crippen LogP contribution is 2.37. The lowest BCUT2D eigenvalue weighted by molar-refractivity contribution is -0.181. The molecule has 3 aromatic carbocycles. The van der Waals surface area contributed by atoms with E-state index in [1.807, 2.05) is 66.4 Å². The zero-order chi connectivity index (χ0) is 26.1. The molecule has 0 unspecified atom stereocenters. The van der Waals surface area contributed by atoms with Crippen LogP contribution < -0.4 is 9.64 Å². The Hall–Kier alpha value is -3.94. The molecule has 1 spiro atoms. The summed E-state index contributed by atoms with van der Waals surface area (Å²) in [5.41, 5.74) is 4.33. The molecule has 7 nitrogen and oxygen atoms in total. The summed E-state index contributed by atoms with van der Waals surface area (Å²) in [6, 6.07) is 23.0. The van der Waals surface area contributed by atoms with E-state index in [1.54, 1.807) is 23.1 Å². The van der Waals surface area contributed by atoms with Gasteiger partial charge in [0.05, 0.1) is 25.4 Å². The standard InChI is InChI=1S/C31H30N2O5/c1-22-5-4-6-24(19-22)21-33-26-7-2-3-8-27(26)38-28(30(33)35)20-23-9-11-25(12-10-23)29(34)32-15-13-31(14-16-32)36-17-18-37-31/h2-12,19-20H,13-18,21H2,1H3. The first-order chi connectivity index (χ1) is 18.5. The molecule has 0 aliphatic carbocycles. The summed E-state index contributed by atoms with van der Waals surface area (Å²) in [5, 5.41) is 0. The van der Waals surface area contributed by atoms with Crippen molar-refractivity contribution in [1.82, 2.24) is 4.90 Å². The SMILES string of the molecule is Cc1cccc(CN2C(=O)C(=Cc3ccc(C(=O)N4CCC5(CC4)OCCO5)cc3)Oc3ccccc32)c1. The third-order valence-electron chi connectivity index (χ3n) is 7.34. The van der Waals surface area contributed by atoms with E-state index in [9.17, 15) is 9.59 Å². The molecule has 194 valence electrons. The van der Waals surface area contributed by atoms with Gasteiger partial charge in [0.25, 0.3) is 11.8 Å². The van der Waals surface area contributed by atoms with Crippen LogP contribution in [0.4, 0.5) is 5.69 Å². The predicted octanol–water partition coefficient (Wildman–Crippen LogP) is 4.94. The Morgan fingerprint density at radius 3 is 2.42 bits per heavy atom. The molecule has 3 heterocycles. The van der Waals surface area contributed by atoms with Crippen LogP contribution in [0.2, 0.25) is 0 Å². The van der Waals surface area contributed by atoms with Crippen molar-refractivity contribution >= 4 is 23.6 Å². The van der Waals surface area contributed by atoms with Crippen molar-refractivity contribution in [2.45, 2.75) is 32.1 Å². The van der Waals surface area contributed by atoms with Crippen molar-refractivity contribution in [3.05, 3.63) is 101 Å².